The van der Waals surface area contributed by atoms with Crippen LogP contribution in [-0.2, 0) is 21.4 Å². The number of fused-ring (bicyclic) bond motifs is 3. The first-order chi connectivity index (χ1) is 14.7. The van der Waals surface area contributed by atoms with Gasteiger partial charge in [0.05, 0.1) is 5.41 Å². The molecule has 3 aliphatic rings. The Hall–Kier alpha value is -1.84. The Labute approximate surface area is 187 Å². The minimum Gasteiger partial charge on any atom is -0.481 e. The number of anilines is 1. The van der Waals surface area contributed by atoms with Crippen molar-refractivity contribution in [1.29, 1.82) is 0 Å². The minimum atomic E-state index is -0.674. The Morgan fingerprint density at radius 2 is 1.74 bits per heavy atom. The number of hydrogen-bond acceptors (Lipinski definition) is 2. The number of amides is 1. The molecular weight excluding hydrogens is 386 g/mol. The zero-order valence-corrected chi connectivity index (χ0v) is 19.7. The number of carboxylic acid groups (broad SMARTS) is 1. The molecule has 1 aromatic rings. The molecule has 1 amide bonds. The lowest BCUT2D eigenvalue weighted by molar-refractivity contribution is -0.157. The normalized spacial score (nSPS) is 31.1. The van der Waals surface area contributed by atoms with Crippen LogP contribution in [0.2, 0.25) is 0 Å². The zero-order valence-electron chi connectivity index (χ0n) is 19.7. The van der Waals surface area contributed by atoms with Crippen LogP contribution in [-0.4, -0.2) is 17.0 Å². The molecule has 4 heteroatoms. The smallest absolute Gasteiger partial charge is 0.309 e. The summed E-state index contributed by atoms with van der Waals surface area (Å²) >= 11 is 0. The molecule has 0 bridgehead atoms. The highest BCUT2D eigenvalue weighted by Crippen LogP contribution is 2.58. The summed E-state index contributed by atoms with van der Waals surface area (Å²) in [5.74, 6) is 0.0892. The van der Waals surface area contributed by atoms with Gasteiger partial charge in [-0.1, -0.05) is 52.5 Å². The van der Waals surface area contributed by atoms with Gasteiger partial charge >= 0.3 is 5.97 Å². The van der Waals surface area contributed by atoms with Crippen LogP contribution >= 0.6 is 0 Å². The molecule has 0 unspecified atom stereocenters. The van der Waals surface area contributed by atoms with Gasteiger partial charge in [-0.3, -0.25) is 9.59 Å². The SMILES string of the molecule is CC(C)c1cc2c(cc1NC(=O)C1CCCCC1)[C@@]1(C)CCC[C@@](C)(C(=O)O)[C@@H]1CC2. The lowest BCUT2D eigenvalue weighted by Gasteiger charge is -2.53. The Kier molecular flexibility index (Phi) is 5.95. The van der Waals surface area contributed by atoms with E-state index in [0.717, 1.165) is 63.5 Å². The molecule has 3 atom stereocenters. The number of carboxylic acids is 1. The van der Waals surface area contributed by atoms with Gasteiger partial charge in [-0.15, -0.1) is 0 Å². The number of carbonyl (C=O) groups excluding carboxylic acids is 1. The van der Waals surface area contributed by atoms with Gasteiger partial charge in [0.1, 0.15) is 0 Å². The van der Waals surface area contributed by atoms with E-state index in [2.05, 4.69) is 38.2 Å². The molecule has 3 aliphatic carbocycles. The number of carbonyl (C=O) groups is 2. The van der Waals surface area contributed by atoms with Crippen molar-refractivity contribution in [3.63, 3.8) is 0 Å². The van der Waals surface area contributed by atoms with E-state index in [4.69, 9.17) is 0 Å². The van der Waals surface area contributed by atoms with Gasteiger partial charge in [-0.2, -0.15) is 0 Å². The Bertz CT molecular complexity index is 869. The Morgan fingerprint density at radius 3 is 2.39 bits per heavy atom. The zero-order chi connectivity index (χ0) is 22.4. The number of hydrogen-bond donors (Lipinski definition) is 2. The van der Waals surface area contributed by atoms with Gasteiger partial charge in [-0.05, 0) is 85.5 Å². The van der Waals surface area contributed by atoms with Crippen LogP contribution in [0.25, 0.3) is 0 Å². The molecule has 4 rings (SSSR count). The van der Waals surface area contributed by atoms with Crippen molar-refractivity contribution in [3.8, 4) is 0 Å². The van der Waals surface area contributed by atoms with E-state index in [9.17, 15) is 14.7 Å². The van der Waals surface area contributed by atoms with Gasteiger partial charge in [0.2, 0.25) is 5.91 Å². The molecule has 2 fully saturated rings. The molecule has 2 saturated carbocycles. The largest absolute Gasteiger partial charge is 0.481 e. The standard InChI is InChI=1S/C27H39NO3/c1-17(2)20-15-19-11-12-23-26(3,13-8-14-27(23,4)25(30)31)21(19)16-22(20)28-24(29)18-9-6-5-7-10-18/h15-18,23H,5-14H2,1-4H3,(H,28,29)(H,30,31)/t23-,26-,27-/m1/s1. The van der Waals surface area contributed by atoms with Gasteiger partial charge < -0.3 is 10.4 Å². The van der Waals surface area contributed by atoms with Crippen LogP contribution in [0.15, 0.2) is 12.1 Å². The molecule has 4 nitrogen and oxygen atoms in total. The topological polar surface area (TPSA) is 66.4 Å². The molecular formula is C27H39NO3. The average molecular weight is 426 g/mol. The monoisotopic (exact) mass is 425 g/mol. The second-order valence-electron chi connectivity index (χ2n) is 11.2. The van der Waals surface area contributed by atoms with E-state index in [1.165, 1.54) is 23.1 Å². The van der Waals surface area contributed by atoms with Gasteiger partial charge in [0.25, 0.3) is 0 Å². The third kappa shape index (κ3) is 3.81. The average Bonchev–Trinajstić information content (AvgIpc) is 2.74. The van der Waals surface area contributed by atoms with Gasteiger partial charge in [-0.25, -0.2) is 0 Å². The summed E-state index contributed by atoms with van der Waals surface area (Å²) in [7, 11) is 0. The van der Waals surface area contributed by atoms with E-state index in [1.807, 2.05) is 6.92 Å². The fourth-order valence-electron chi connectivity index (χ4n) is 6.98. The summed E-state index contributed by atoms with van der Waals surface area (Å²) in [4.78, 5) is 25.3. The summed E-state index contributed by atoms with van der Waals surface area (Å²) in [6.45, 7) is 8.61. The molecule has 2 N–H and O–H groups in total. The van der Waals surface area contributed by atoms with E-state index >= 15 is 0 Å². The van der Waals surface area contributed by atoms with Gasteiger partial charge in [0.15, 0.2) is 0 Å². The van der Waals surface area contributed by atoms with E-state index < -0.39 is 11.4 Å². The van der Waals surface area contributed by atoms with Crippen molar-refractivity contribution in [2.24, 2.45) is 17.3 Å². The van der Waals surface area contributed by atoms with Crippen LogP contribution in [0.4, 0.5) is 5.69 Å². The Morgan fingerprint density at radius 1 is 1.03 bits per heavy atom. The summed E-state index contributed by atoms with van der Waals surface area (Å²) < 4.78 is 0. The maximum Gasteiger partial charge on any atom is 0.309 e. The van der Waals surface area contributed by atoms with Crippen LogP contribution in [0.5, 0.6) is 0 Å². The molecule has 0 aliphatic heterocycles. The molecule has 170 valence electrons. The first kappa shape index (κ1) is 22.4. The van der Waals surface area contributed by atoms with Gasteiger partial charge in [0, 0.05) is 11.6 Å². The summed E-state index contributed by atoms with van der Waals surface area (Å²) in [5, 5.41) is 13.4. The maximum atomic E-state index is 13.1. The lowest BCUT2D eigenvalue weighted by atomic mass is 9.49. The highest BCUT2D eigenvalue weighted by atomic mass is 16.4. The quantitative estimate of drug-likeness (QED) is 0.584. The predicted octanol–water partition coefficient (Wildman–Crippen LogP) is 6.42. The number of aliphatic carboxylic acids is 1. The molecule has 0 aromatic heterocycles. The van der Waals surface area contributed by atoms with Crippen molar-refractivity contribution >= 4 is 17.6 Å². The van der Waals surface area contributed by atoms with Crippen molar-refractivity contribution < 1.29 is 14.7 Å². The molecule has 31 heavy (non-hydrogen) atoms. The highest BCUT2D eigenvalue weighted by Gasteiger charge is 2.55. The molecule has 0 saturated heterocycles. The van der Waals surface area contributed by atoms with Crippen molar-refractivity contribution in [1.82, 2.24) is 0 Å². The first-order valence-corrected chi connectivity index (χ1v) is 12.4. The highest BCUT2D eigenvalue weighted by molar-refractivity contribution is 5.93. The minimum absolute atomic E-state index is 0.123. The fourth-order valence-corrected chi connectivity index (χ4v) is 6.98. The fraction of sp³-hybridized carbons (Fsp3) is 0.704. The Balaban J connectivity index is 1.73. The molecule has 0 radical (unpaired) electrons. The third-order valence-electron chi connectivity index (χ3n) is 8.87. The summed E-state index contributed by atoms with van der Waals surface area (Å²) in [6.07, 6.45) is 10.1. The van der Waals surface area contributed by atoms with Crippen molar-refractivity contribution in [2.75, 3.05) is 5.32 Å². The molecule has 0 spiro atoms. The first-order valence-electron chi connectivity index (χ1n) is 12.4. The van der Waals surface area contributed by atoms with Crippen LogP contribution in [0, 0.1) is 17.3 Å². The number of aryl methyl sites for hydroxylation is 1. The van der Waals surface area contributed by atoms with Crippen LogP contribution < -0.4 is 5.32 Å². The summed E-state index contributed by atoms with van der Waals surface area (Å²) in [6, 6.07) is 4.54. The van der Waals surface area contributed by atoms with E-state index in [-0.39, 0.29) is 23.2 Å². The second-order valence-corrected chi connectivity index (χ2v) is 11.2. The number of nitrogens with one attached hydrogen (secondary N) is 1. The third-order valence-corrected chi connectivity index (χ3v) is 8.87. The van der Waals surface area contributed by atoms with Crippen molar-refractivity contribution in [2.45, 2.75) is 103 Å². The maximum absolute atomic E-state index is 13.1. The summed E-state index contributed by atoms with van der Waals surface area (Å²) in [5.41, 5.74) is 3.97. The molecule has 1 aromatic carbocycles. The molecule has 0 heterocycles. The van der Waals surface area contributed by atoms with Crippen molar-refractivity contribution in [3.05, 3.63) is 28.8 Å². The lowest BCUT2D eigenvalue weighted by Crippen LogP contribution is -2.52. The second kappa shape index (κ2) is 8.26. The van der Waals surface area contributed by atoms with E-state index in [0.29, 0.717) is 5.92 Å². The number of benzene rings is 1. The van der Waals surface area contributed by atoms with E-state index in [1.54, 1.807) is 0 Å². The van der Waals surface area contributed by atoms with Crippen LogP contribution in [0.1, 0.15) is 108 Å². The number of rotatable bonds is 4. The van der Waals surface area contributed by atoms with Crippen LogP contribution in [0.3, 0.4) is 0 Å². The predicted molar refractivity (Wildman–Crippen MR) is 124 cm³/mol.